The summed E-state index contributed by atoms with van der Waals surface area (Å²) >= 11 is 0. The summed E-state index contributed by atoms with van der Waals surface area (Å²) in [6.45, 7) is 0.436. The van der Waals surface area contributed by atoms with Crippen molar-refractivity contribution < 1.29 is 14.4 Å². The summed E-state index contributed by atoms with van der Waals surface area (Å²) in [5.41, 5.74) is 2.60. The molecule has 0 radical (unpaired) electrons. The first-order valence-electron chi connectivity index (χ1n) is 9.08. The number of imide groups is 1. The van der Waals surface area contributed by atoms with Crippen molar-refractivity contribution in [1.82, 2.24) is 20.4 Å². The molecule has 3 aromatic rings. The Morgan fingerprint density at radius 3 is 2.37 bits per heavy atom. The summed E-state index contributed by atoms with van der Waals surface area (Å²) in [6, 6.07) is 16.1. The predicted molar refractivity (Wildman–Crippen MR) is 106 cm³/mol. The second kappa shape index (κ2) is 7.89. The molecular weight excluding hydrogens is 384 g/mol. The fourth-order valence-corrected chi connectivity index (χ4v) is 3.10. The lowest BCUT2D eigenvalue weighted by Gasteiger charge is -2.16. The molecule has 1 aromatic heterocycles. The third kappa shape index (κ3) is 3.74. The molecule has 9 nitrogen and oxygen atoms in total. The predicted octanol–water partition coefficient (Wildman–Crippen LogP) is 2.40. The third-order valence-electron chi connectivity index (χ3n) is 4.70. The minimum atomic E-state index is -0.530. The monoisotopic (exact) mass is 400 g/mol. The summed E-state index contributed by atoms with van der Waals surface area (Å²) in [5, 5.41) is 20.8. The lowest BCUT2D eigenvalue weighted by atomic mass is 10.1. The number of urea groups is 1. The van der Waals surface area contributed by atoms with Crippen LogP contribution in [0.2, 0.25) is 0 Å². The number of nitrogens with zero attached hydrogens (tertiary/aromatic N) is 3. The molecule has 0 saturated carbocycles. The van der Waals surface area contributed by atoms with E-state index in [0.717, 1.165) is 0 Å². The Hall–Kier alpha value is -4.45. The van der Waals surface area contributed by atoms with Gasteiger partial charge in [0.15, 0.2) is 5.82 Å². The number of carbonyl (C=O) groups is 3. The molecule has 30 heavy (non-hydrogen) atoms. The second-order valence-electron chi connectivity index (χ2n) is 6.65. The Balaban J connectivity index is 1.40. The topological polar surface area (TPSA) is 131 Å². The Labute approximate surface area is 171 Å². The van der Waals surface area contributed by atoms with Crippen molar-refractivity contribution in [3.8, 4) is 6.07 Å². The number of fused-ring (bicyclic) bond motifs is 1. The van der Waals surface area contributed by atoms with E-state index in [-0.39, 0.29) is 19.0 Å². The van der Waals surface area contributed by atoms with Gasteiger partial charge in [-0.1, -0.05) is 18.2 Å². The van der Waals surface area contributed by atoms with Gasteiger partial charge in [0, 0.05) is 16.7 Å². The van der Waals surface area contributed by atoms with E-state index in [1.807, 2.05) is 6.07 Å². The molecule has 0 saturated heterocycles. The molecule has 148 valence electrons. The normalized spacial score (nSPS) is 12.0. The number of nitriles is 1. The van der Waals surface area contributed by atoms with Crippen LogP contribution in [0.4, 0.5) is 10.6 Å². The molecule has 4 rings (SSSR count). The SMILES string of the molecule is N#Cc1ccc(C(=O)Nc2n[nH]c3c2CN(C(=O)NC(=O)c2ccccc2)C3)cc1. The van der Waals surface area contributed by atoms with E-state index in [4.69, 9.17) is 5.26 Å². The molecule has 9 heteroatoms. The zero-order valence-corrected chi connectivity index (χ0v) is 15.7. The summed E-state index contributed by atoms with van der Waals surface area (Å²) in [4.78, 5) is 38.5. The number of nitrogens with one attached hydrogen (secondary N) is 3. The average molecular weight is 400 g/mol. The number of benzene rings is 2. The number of hydrogen-bond acceptors (Lipinski definition) is 5. The van der Waals surface area contributed by atoms with Crippen LogP contribution < -0.4 is 10.6 Å². The van der Waals surface area contributed by atoms with E-state index >= 15 is 0 Å². The molecule has 0 atom stereocenters. The van der Waals surface area contributed by atoms with Gasteiger partial charge in [-0.2, -0.15) is 10.4 Å². The van der Waals surface area contributed by atoms with Gasteiger partial charge in [0.1, 0.15) is 0 Å². The Morgan fingerprint density at radius 1 is 0.967 bits per heavy atom. The van der Waals surface area contributed by atoms with E-state index in [9.17, 15) is 14.4 Å². The highest BCUT2D eigenvalue weighted by molar-refractivity contribution is 6.05. The van der Waals surface area contributed by atoms with Crippen LogP contribution in [-0.4, -0.2) is 32.9 Å². The fraction of sp³-hybridized carbons (Fsp3) is 0.0952. The summed E-state index contributed by atoms with van der Waals surface area (Å²) in [5.74, 6) is -0.538. The highest BCUT2D eigenvalue weighted by Gasteiger charge is 2.29. The highest BCUT2D eigenvalue weighted by atomic mass is 16.2. The van der Waals surface area contributed by atoms with Gasteiger partial charge in [0.05, 0.1) is 30.4 Å². The number of carbonyl (C=O) groups excluding carboxylic acids is 3. The number of rotatable bonds is 3. The van der Waals surface area contributed by atoms with Crippen LogP contribution in [0.15, 0.2) is 54.6 Å². The molecule has 2 heterocycles. The van der Waals surface area contributed by atoms with Crippen LogP contribution in [0, 0.1) is 11.3 Å². The van der Waals surface area contributed by atoms with E-state index in [0.29, 0.717) is 33.8 Å². The van der Waals surface area contributed by atoms with Gasteiger partial charge in [-0.05, 0) is 36.4 Å². The lowest BCUT2D eigenvalue weighted by molar-refractivity contribution is 0.0950. The first-order chi connectivity index (χ1) is 14.5. The molecular formula is C21H16N6O3. The van der Waals surface area contributed by atoms with Crippen molar-refractivity contribution in [3.63, 3.8) is 0 Å². The lowest BCUT2D eigenvalue weighted by Crippen LogP contribution is -2.40. The first-order valence-corrected chi connectivity index (χ1v) is 9.08. The number of amides is 4. The highest BCUT2D eigenvalue weighted by Crippen LogP contribution is 2.27. The van der Waals surface area contributed by atoms with Gasteiger partial charge in [-0.25, -0.2) is 4.79 Å². The average Bonchev–Trinajstić information content (AvgIpc) is 3.36. The molecule has 0 bridgehead atoms. The number of hydrogen-bond donors (Lipinski definition) is 3. The van der Waals surface area contributed by atoms with Gasteiger partial charge in [-0.3, -0.25) is 20.0 Å². The molecule has 0 unspecified atom stereocenters. The van der Waals surface area contributed by atoms with E-state index in [2.05, 4.69) is 20.8 Å². The largest absolute Gasteiger partial charge is 0.324 e. The van der Waals surface area contributed by atoms with Gasteiger partial charge < -0.3 is 10.2 Å². The summed E-state index contributed by atoms with van der Waals surface area (Å²) in [6.07, 6.45) is 0. The number of aromatic nitrogens is 2. The van der Waals surface area contributed by atoms with Crippen molar-refractivity contribution in [3.05, 3.63) is 82.5 Å². The molecule has 0 spiro atoms. The Bertz CT molecular complexity index is 1160. The van der Waals surface area contributed by atoms with Crippen LogP contribution in [0.3, 0.4) is 0 Å². The molecule has 0 fully saturated rings. The van der Waals surface area contributed by atoms with Crippen molar-refractivity contribution in [2.24, 2.45) is 0 Å². The summed E-state index contributed by atoms with van der Waals surface area (Å²) < 4.78 is 0. The van der Waals surface area contributed by atoms with Crippen LogP contribution >= 0.6 is 0 Å². The zero-order valence-electron chi connectivity index (χ0n) is 15.7. The maximum Gasteiger partial charge on any atom is 0.324 e. The van der Waals surface area contributed by atoms with Crippen LogP contribution in [0.5, 0.6) is 0 Å². The van der Waals surface area contributed by atoms with Crippen LogP contribution in [0.25, 0.3) is 0 Å². The van der Waals surface area contributed by atoms with Gasteiger partial charge >= 0.3 is 6.03 Å². The minimum absolute atomic E-state index is 0.197. The van der Waals surface area contributed by atoms with E-state index in [1.165, 1.54) is 4.90 Å². The molecule has 1 aliphatic rings. The summed E-state index contributed by atoms with van der Waals surface area (Å²) in [7, 11) is 0. The molecule has 1 aliphatic heterocycles. The molecule has 2 aromatic carbocycles. The van der Waals surface area contributed by atoms with Gasteiger partial charge in [-0.15, -0.1) is 0 Å². The fourth-order valence-electron chi connectivity index (χ4n) is 3.10. The van der Waals surface area contributed by atoms with Crippen molar-refractivity contribution in [1.29, 1.82) is 5.26 Å². The Morgan fingerprint density at radius 2 is 1.67 bits per heavy atom. The molecule has 4 amide bonds. The second-order valence-corrected chi connectivity index (χ2v) is 6.65. The maximum atomic E-state index is 12.5. The number of anilines is 1. The van der Waals surface area contributed by atoms with E-state index in [1.54, 1.807) is 54.6 Å². The first kappa shape index (κ1) is 18.9. The van der Waals surface area contributed by atoms with Gasteiger partial charge in [0.25, 0.3) is 11.8 Å². The van der Waals surface area contributed by atoms with Crippen LogP contribution in [-0.2, 0) is 13.1 Å². The third-order valence-corrected chi connectivity index (χ3v) is 4.70. The van der Waals surface area contributed by atoms with Gasteiger partial charge in [0.2, 0.25) is 0 Å². The zero-order chi connectivity index (χ0) is 21.1. The van der Waals surface area contributed by atoms with E-state index < -0.39 is 11.9 Å². The molecule has 3 N–H and O–H groups in total. The standard InChI is InChI=1S/C21H16N6O3/c22-10-13-6-8-15(9-7-13)19(28)23-18-16-11-27(12-17(16)25-26-18)21(30)24-20(29)14-4-2-1-3-5-14/h1-9H,11-12H2,(H,24,29,30)(H2,23,25,26,28). The molecule has 0 aliphatic carbocycles. The quantitative estimate of drug-likeness (QED) is 0.621. The smallest absolute Gasteiger partial charge is 0.314 e. The maximum absolute atomic E-state index is 12.5. The van der Waals surface area contributed by atoms with Crippen molar-refractivity contribution in [2.75, 3.05) is 5.32 Å². The Kier molecular flexibility index (Phi) is 4.97. The minimum Gasteiger partial charge on any atom is -0.314 e. The van der Waals surface area contributed by atoms with Crippen molar-refractivity contribution >= 4 is 23.7 Å². The van der Waals surface area contributed by atoms with Crippen LogP contribution in [0.1, 0.15) is 37.5 Å². The number of aromatic amines is 1. The number of H-pyrrole nitrogens is 1. The van der Waals surface area contributed by atoms with Crippen molar-refractivity contribution in [2.45, 2.75) is 13.1 Å².